The van der Waals surface area contributed by atoms with Gasteiger partial charge in [0.05, 0.1) is 6.54 Å². The standard InChI is InChI=1S/C20H24N2O4/c1-20(2,3)26-19(24)22-16-11-9-15(10-12-16)18(23)21-13-14-25-17-7-5-4-6-8-17/h4-12H,13-14H2,1-3H3,(H,21,23)(H,22,24). The highest BCUT2D eigenvalue weighted by molar-refractivity contribution is 5.95. The minimum atomic E-state index is -0.564. The molecular formula is C20H24N2O4. The first kappa shape index (κ1) is 19.3. The number of hydrogen-bond donors (Lipinski definition) is 2. The zero-order chi connectivity index (χ0) is 19.0. The van der Waals surface area contributed by atoms with Crippen molar-refractivity contribution in [3.63, 3.8) is 0 Å². The van der Waals surface area contributed by atoms with Gasteiger partial charge in [0.2, 0.25) is 0 Å². The molecule has 6 heteroatoms. The zero-order valence-corrected chi connectivity index (χ0v) is 15.2. The van der Waals surface area contributed by atoms with E-state index in [0.29, 0.717) is 24.4 Å². The van der Waals surface area contributed by atoms with Gasteiger partial charge < -0.3 is 14.8 Å². The number of para-hydroxylation sites is 1. The predicted molar refractivity (Wildman–Crippen MR) is 101 cm³/mol. The number of carbonyl (C=O) groups excluding carboxylic acids is 2. The first-order valence-electron chi connectivity index (χ1n) is 8.39. The van der Waals surface area contributed by atoms with E-state index in [0.717, 1.165) is 5.75 Å². The fraction of sp³-hybridized carbons (Fsp3) is 0.300. The Labute approximate surface area is 153 Å². The molecular weight excluding hydrogens is 332 g/mol. The van der Waals surface area contributed by atoms with Gasteiger partial charge in [-0.05, 0) is 57.2 Å². The predicted octanol–water partition coefficient (Wildman–Crippen LogP) is 3.84. The van der Waals surface area contributed by atoms with Crippen molar-refractivity contribution in [3.05, 3.63) is 60.2 Å². The van der Waals surface area contributed by atoms with Crippen LogP contribution in [0, 0.1) is 0 Å². The lowest BCUT2D eigenvalue weighted by Crippen LogP contribution is -2.28. The molecule has 0 aliphatic heterocycles. The Balaban J connectivity index is 1.76. The summed E-state index contributed by atoms with van der Waals surface area (Å²) in [5.74, 6) is 0.560. The summed E-state index contributed by atoms with van der Waals surface area (Å²) < 4.78 is 10.7. The van der Waals surface area contributed by atoms with E-state index in [1.165, 1.54) is 0 Å². The molecule has 0 heterocycles. The Bertz CT molecular complexity index is 722. The fourth-order valence-electron chi connectivity index (χ4n) is 2.08. The van der Waals surface area contributed by atoms with Crippen LogP contribution in [0.25, 0.3) is 0 Å². The van der Waals surface area contributed by atoms with Crippen LogP contribution in [-0.2, 0) is 4.74 Å². The minimum Gasteiger partial charge on any atom is -0.492 e. The number of rotatable bonds is 6. The van der Waals surface area contributed by atoms with E-state index in [9.17, 15) is 9.59 Å². The van der Waals surface area contributed by atoms with Gasteiger partial charge >= 0.3 is 6.09 Å². The van der Waals surface area contributed by atoms with Crippen LogP contribution < -0.4 is 15.4 Å². The summed E-state index contributed by atoms with van der Waals surface area (Å²) in [5.41, 5.74) is 0.494. The molecule has 26 heavy (non-hydrogen) atoms. The van der Waals surface area contributed by atoms with Gasteiger partial charge in [-0.15, -0.1) is 0 Å². The van der Waals surface area contributed by atoms with Gasteiger partial charge in [-0.25, -0.2) is 4.79 Å². The molecule has 2 N–H and O–H groups in total. The van der Waals surface area contributed by atoms with Crippen LogP contribution in [0.2, 0.25) is 0 Å². The molecule has 0 atom stereocenters. The zero-order valence-electron chi connectivity index (χ0n) is 15.2. The van der Waals surface area contributed by atoms with Crippen LogP contribution in [0.4, 0.5) is 10.5 Å². The second kappa shape index (κ2) is 8.89. The summed E-state index contributed by atoms with van der Waals surface area (Å²) in [6.07, 6.45) is -0.534. The van der Waals surface area contributed by atoms with Crippen LogP contribution >= 0.6 is 0 Å². The van der Waals surface area contributed by atoms with E-state index in [-0.39, 0.29) is 5.91 Å². The van der Waals surface area contributed by atoms with E-state index >= 15 is 0 Å². The highest BCUT2D eigenvalue weighted by Crippen LogP contribution is 2.13. The molecule has 0 aliphatic rings. The fourth-order valence-corrected chi connectivity index (χ4v) is 2.08. The second-order valence-electron chi connectivity index (χ2n) is 6.62. The number of nitrogens with one attached hydrogen (secondary N) is 2. The van der Waals surface area contributed by atoms with Crippen molar-refractivity contribution >= 4 is 17.7 Å². The van der Waals surface area contributed by atoms with Gasteiger partial charge in [0.1, 0.15) is 18.0 Å². The lowest BCUT2D eigenvalue weighted by molar-refractivity contribution is 0.0635. The summed E-state index contributed by atoms with van der Waals surface area (Å²) in [6.45, 7) is 6.16. The van der Waals surface area contributed by atoms with Gasteiger partial charge in [0.25, 0.3) is 5.91 Å². The van der Waals surface area contributed by atoms with Gasteiger partial charge in [0.15, 0.2) is 0 Å². The van der Waals surface area contributed by atoms with Crippen LogP contribution in [-0.4, -0.2) is 30.8 Å². The molecule has 0 unspecified atom stereocenters. The maximum Gasteiger partial charge on any atom is 0.412 e. The van der Waals surface area contributed by atoms with Crippen LogP contribution in [0.5, 0.6) is 5.75 Å². The van der Waals surface area contributed by atoms with Crippen molar-refractivity contribution in [3.8, 4) is 5.75 Å². The number of benzene rings is 2. The SMILES string of the molecule is CC(C)(C)OC(=O)Nc1ccc(C(=O)NCCOc2ccccc2)cc1. The van der Waals surface area contributed by atoms with Crippen LogP contribution in [0.15, 0.2) is 54.6 Å². The molecule has 138 valence electrons. The molecule has 0 aromatic heterocycles. The van der Waals surface area contributed by atoms with E-state index in [2.05, 4.69) is 10.6 Å². The molecule has 0 fully saturated rings. The van der Waals surface area contributed by atoms with E-state index in [4.69, 9.17) is 9.47 Å². The molecule has 0 radical (unpaired) electrons. The van der Waals surface area contributed by atoms with Gasteiger partial charge in [-0.2, -0.15) is 0 Å². The molecule has 2 amide bonds. The Morgan fingerprint density at radius 1 is 0.962 bits per heavy atom. The molecule has 0 spiro atoms. The first-order valence-corrected chi connectivity index (χ1v) is 8.39. The highest BCUT2D eigenvalue weighted by Gasteiger charge is 2.16. The summed E-state index contributed by atoms with van der Waals surface area (Å²) in [6, 6.07) is 16.0. The molecule has 0 bridgehead atoms. The number of ether oxygens (including phenoxy) is 2. The van der Waals surface area contributed by atoms with Crippen LogP contribution in [0.1, 0.15) is 31.1 Å². The monoisotopic (exact) mass is 356 g/mol. The van der Waals surface area contributed by atoms with E-state index in [1.807, 2.05) is 30.3 Å². The average molecular weight is 356 g/mol. The normalized spacial score (nSPS) is 10.7. The van der Waals surface area contributed by atoms with Crippen molar-refractivity contribution in [1.82, 2.24) is 5.32 Å². The largest absolute Gasteiger partial charge is 0.492 e. The van der Waals surface area contributed by atoms with Crippen LogP contribution in [0.3, 0.4) is 0 Å². The van der Waals surface area contributed by atoms with Crippen molar-refractivity contribution in [2.75, 3.05) is 18.5 Å². The van der Waals surface area contributed by atoms with Crippen molar-refractivity contribution in [2.24, 2.45) is 0 Å². The van der Waals surface area contributed by atoms with E-state index < -0.39 is 11.7 Å². The van der Waals surface area contributed by atoms with Crippen molar-refractivity contribution in [1.29, 1.82) is 0 Å². The smallest absolute Gasteiger partial charge is 0.412 e. The molecule has 0 saturated carbocycles. The van der Waals surface area contributed by atoms with Crippen molar-refractivity contribution < 1.29 is 19.1 Å². The molecule has 2 aromatic carbocycles. The third-order valence-electron chi connectivity index (χ3n) is 3.19. The lowest BCUT2D eigenvalue weighted by atomic mass is 10.2. The molecule has 0 aliphatic carbocycles. The first-order chi connectivity index (χ1) is 12.3. The summed E-state index contributed by atoms with van der Waals surface area (Å²) in [5, 5.41) is 5.41. The Morgan fingerprint density at radius 3 is 2.23 bits per heavy atom. The third-order valence-corrected chi connectivity index (χ3v) is 3.19. The van der Waals surface area contributed by atoms with E-state index in [1.54, 1.807) is 45.0 Å². The second-order valence-corrected chi connectivity index (χ2v) is 6.62. The molecule has 0 saturated heterocycles. The number of amides is 2. The third kappa shape index (κ3) is 6.84. The summed E-state index contributed by atoms with van der Waals surface area (Å²) in [4.78, 5) is 23.8. The Morgan fingerprint density at radius 2 is 1.62 bits per heavy atom. The summed E-state index contributed by atoms with van der Waals surface area (Å²) >= 11 is 0. The number of carbonyl (C=O) groups is 2. The number of hydrogen-bond acceptors (Lipinski definition) is 4. The average Bonchev–Trinajstić information content (AvgIpc) is 2.58. The number of anilines is 1. The maximum absolute atomic E-state index is 12.1. The van der Waals surface area contributed by atoms with Gasteiger partial charge in [-0.3, -0.25) is 10.1 Å². The van der Waals surface area contributed by atoms with Crippen molar-refractivity contribution in [2.45, 2.75) is 26.4 Å². The topological polar surface area (TPSA) is 76.7 Å². The molecule has 2 aromatic rings. The minimum absolute atomic E-state index is 0.203. The lowest BCUT2D eigenvalue weighted by Gasteiger charge is -2.19. The van der Waals surface area contributed by atoms with Gasteiger partial charge in [-0.1, -0.05) is 18.2 Å². The molecule has 2 rings (SSSR count). The summed E-state index contributed by atoms with van der Waals surface area (Å²) in [7, 11) is 0. The van der Waals surface area contributed by atoms with Gasteiger partial charge in [0, 0.05) is 11.3 Å². The highest BCUT2D eigenvalue weighted by atomic mass is 16.6. The molecule has 6 nitrogen and oxygen atoms in total. The Hall–Kier alpha value is -3.02. The maximum atomic E-state index is 12.1. The quantitative estimate of drug-likeness (QED) is 0.771. The Kier molecular flexibility index (Phi) is 6.60.